The minimum absolute atomic E-state index is 0.0815. The average Bonchev–Trinajstić information content (AvgIpc) is 2.65. The van der Waals surface area contributed by atoms with Crippen molar-refractivity contribution >= 4 is 52.5 Å². The van der Waals surface area contributed by atoms with Crippen molar-refractivity contribution in [3.8, 4) is 0 Å². The summed E-state index contributed by atoms with van der Waals surface area (Å²) in [5.74, 6) is -1.53. The molecule has 0 saturated heterocycles. The maximum atomic E-state index is 12.4. The number of thioether (sulfide) groups is 1. The van der Waals surface area contributed by atoms with E-state index in [0.717, 1.165) is 5.56 Å². The van der Waals surface area contributed by atoms with Crippen LogP contribution in [-0.4, -0.2) is 40.1 Å². The van der Waals surface area contributed by atoms with Gasteiger partial charge in [0.25, 0.3) is 0 Å². The van der Waals surface area contributed by atoms with Crippen LogP contribution in [0.4, 0.5) is 5.69 Å². The molecule has 0 unspecified atom stereocenters. The zero-order chi connectivity index (χ0) is 19.4. The highest BCUT2D eigenvalue weighted by molar-refractivity contribution is 8.03. The van der Waals surface area contributed by atoms with Gasteiger partial charge in [-0.1, -0.05) is 41.9 Å². The van der Waals surface area contributed by atoms with Crippen molar-refractivity contribution in [3.63, 3.8) is 0 Å². The van der Waals surface area contributed by atoms with E-state index in [1.165, 1.54) is 34.9 Å². The van der Waals surface area contributed by atoms with Gasteiger partial charge in [0.2, 0.25) is 11.8 Å². The summed E-state index contributed by atoms with van der Waals surface area (Å²) in [4.78, 5) is 37.4. The van der Waals surface area contributed by atoms with Gasteiger partial charge in [-0.05, 0) is 29.2 Å². The zero-order valence-electron chi connectivity index (χ0n) is 14.0. The van der Waals surface area contributed by atoms with Crippen molar-refractivity contribution in [1.82, 2.24) is 4.90 Å². The van der Waals surface area contributed by atoms with E-state index >= 15 is 0 Å². The molecule has 2 aromatic rings. The van der Waals surface area contributed by atoms with Crippen molar-refractivity contribution < 1.29 is 19.5 Å². The molecule has 1 heterocycles. The third-order valence-corrected chi connectivity index (χ3v) is 4.98. The SMILES string of the molecule is O=C(CN1C(=O)CSC=C1c1ccccc1)Nc1ccc(Cl)c(C(=O)O)c1. The Balaban J connectivity index is 1.77. The van der Waals surface area contributed by atoms with Crippen LogP contribution in [0.1, 0.15) is 15.9 Å². The van der Waals surface area contributed by atoms with Gasteiger partial charge in [-0.15, -0.1) is 11.8 Å². The number of carbonyl (C=O) groups excluding carboxylic acids is 2. The number of carboxylic acids is 1. The van der Waals surface area contributed by atoms with E-state index in [9.17, 15) is 14.4 Å². The van der Waals surface area contributed by atoms with Gasteiger partial charge in [-0.25, -0.2) is 4.79 Å². The highest BCUT2D eigenvalue weighted by Crippen LogP contribution is 2.28. The molecule has 0 fully saturated rings. The van der Waals surface area contributed by atoms with Crippen LogP contribution < -0.4 is 5.32 Å². The molecule has 0 bridgehead atoms. The Labute approximate surface area is 164 Å². The summed E-state index contributed by atoms with van der Waals surface area (Å²) in [6.07, 6.45) is 0. The van der Waals surface area contributed by atoms with E-state index < -0.39 is 11.9 Å². The van der Waals surface area contributed by atoms with Crippen LogP contribution in [-0.2, 0) is 9.59 Å². The Hall–Kier alpha value is -2.77. The molecule has 2 N–H and O–H groups in total. The fourth-order valence-electron chi connectivity index (χ4n) is 2.58. The largest absolute Gasteiger partial charge is 0.478 e. The molecule has 0 radical (unpaired) electrons. The van der Waals surface area contributed by atoms with Gasteiger partial charge >= 0.3 is 5.97 Å². The van der Waals surface area contributed by atoms with Crippen LogP contribution >= 0.6 is 23.4 Å². The fourth-order valence-corrected chi connectivity index (χ4v) is 3.59. The molecule has 0 saturated carbocycles. The number of amides is 2. The molecule has 1 aliphatic heterocycles. The molecule has 0 aliphatic carbocycles. The lowest BCUT2D eigenvalue weighted by Gasteiger charge is -2.28. The number of hydrogen-bond donors (Lipinski definition) is 2. The molecule has 27 heavy (non-hydrogen) atoms. The Bertz CT molecular complexity index is 931. The zero-order valence-corrected chi connectivity index (χ0v) is 15.6. The number of aromatic carboxylic acids is 1. The lowest BCUT2D eigenvalue weighted by molar-refractivity contribution is -0.129. The molecule has 2 amide bonds. The van der Waals surface area contributed by atoms with Crippen molar-refractivity contribution in [2.24, 2.45) is 0 Å². The summed E-state index contributed by atoms with van der Waals surface area (Å²) < 4.78 is 0. The van der Waals surface area contributed by atoms with Gasteiger partial charge in [0.15, 0.2) is 0 Å². The number of hydrogen-bond acceptors (Lipinski definition) is 4. The Kier molecular flexibility index (Phi) is 5.83. The van der Waals surface area contributed by atoms with Gasteiger partial charge in [0.1, 0.15) is 6.54 Å². The molecule has 0 aromatic heterocycles. The number of carboxylic acid groups (broad SMARTS) is 1. The first-order chi connectivity index (χ1) is 13.0. The summed E-state index contributed by atoms with van der Waals surface area (Å²) in [5, 5.41) is 13.7. The topological polar surface area (TPSA) is 86.7 Å². The van der Waals surface area contributed by atoms with Crippen LogP contribution in [0.3, 0.4) is 0 Å². The summed E-state index contributed by atoms with van der Waals surface area (Å²) in [5.41, 5.74) is 1.69. The standard InChI is InChI=1S/C19H15ClN2O4S/c20-15-7-6-13(8-14(15)19(25)26)21-17(23)9-22-16(10-27-11-18(22)24)12-4-2-1-3-5-12/h1-8,10H,9,11H2,(H,21,23)(H,25,26). The highest BCUT2D eigenvalue weighted by atomic mass is 35.5. The second kappa shape index (κ2) is 8.28. The summed E-state index contributed by atoms with van der Waals surface area (Å²) in [6, 6.07) is 13.5. The monoisotopic (exact) mass is 402 g/mol. The molecular formula is C19H15ClN2O4S. The van der Waals surface area contributed by atoms with E-state index in [1.54, 1.807) is 0 Å². The molecule has 0 atom stereocenters. The third kappa shape index (κ3) is 4.50. The minimum Gasteiger partial charge on any atom is -0.478 e. The number of benzene rings is 2. The summed E-state index contributed by atoms with van der Waals surface area (Å²) in [7, 11) is 0. The van der Waals surface area contributed by atoms with Gasteiger partial charge in [-0.2, -0.15) is 0 Å². The molecule has 2 aromatic carbocycles. The lowest BCUT2D eigenvalue weighted by atomic mass is 10.1. The Morgan fingerprint density at radius 2 is 1.93 bits per heavy atom. The molecule has 8 heteroatoms. The second-order valence-electron chi connectivity index (χ2n) is 5.71. The number of nitrogens with one attached hydrogen (secondary N) is 1. The number of carbonyl (C=O) groups is 3. The van der Waals surface area contributed by atoms with Crippen LogP contribution in [0.15, 0.2) is 53.9 Å². The second-order valence-corrected chi connectivity index (χ2v) is 6.97. The smallest absolute Gasteiger partial charge is 0.337 e. The Morgan fingerprint density at radius 1 is 1.19 bits per heavy atom. The Morgan fingerprint density at radius 3 is 2.63 bits per heavy atom. The van der Waals surface area contributed by atoms with Gasteiger partial charge in [0.05, 0.1) is 22.0 Å². The van der Waals surface area contributed by atoms with Crippen LogP contribution in [0.25, 0.3) is 5.70 Å². The molecule has 3 rings (SSSR count). The van der Waals surface area contributed by atoms with Crippen LogP contribution in [0, 0.1) is 0 Å². The van der Waals surface area contributed by atoms with E-state index in [2.05, 4.69) is 5.32 Å². The molecule has 1 aliphatic rings. The number of anilines is 1. The van der Waals surface area contributed by atoms with Crippen molar-refractivity contribution in [1.29, 1.82) is 0 Å². The predicted octanol–water partition coefficient (Wildman–Crippen LogP) is 3.55. The first-order valence-electron chi connectivity index (χ1n) is 7.96. The maximum absolute atomic E-state index is 12.4. The van der Waals surface area contributed by atoms with E-state index in [1.807, 2.05) is 35.7 Å². The lowest BCUT2D eigenvalue weighted by Crippen LogP contribution is -2.39. The molecular weight excluding hydrogens is 388 g/mol. The average molecular weight is 403 g/mol. The fraction of sp³-hybridized carbons (Fsp3) is 0.105. The summed E-state index contributed by atoms with van der Waals surface area (Å²) in [6.45, 7) is -0.175. The van der Waals surface area contributed by atoms with Crippen LogP contribution in [0.5, 0.6) is 0 Å². The van der Waals surface area contributed by atoms with E-state index in [0.29, 0.717) is 11.4 Å². The van der Waals surface area contributed by atoms with Crippen molar-refractivity contribution in [3.05, 3.63) is 70.1 Å². The summed E-state index contributed by atoms with van der Waals surface area (Å²) >= 11 is 7.22. The van der Waals surface area contributed by atoms with Gasteiger partial charge in [-0.3, -0.25) is 9.59 Å². The van der Waals surface area contributed by atoms with Crippen molar-refractivity contribution in [2.45, 2.75) is 0 Å². The third-order valence-electron chi connectivity index (χ3n) is 3.85. The number of halogens is 1. The molecule has 6 nitrogen and oxygen atoms in total. The first kappa shape index (κ1) is 19.0. The number of rotatable bonds is 5. The minimum atomic E-state index is -1.19. The van der Waals surface area contributed by atoms with E-state index in [-0.39, 0.29) is 28.8 Å². The quantitative estimate of drug-likeness (QED) is 0.798. The van der Waals surface area contributed by atoms with Gasteiger partial charge < -0.3 is 15.3 Å². The van der Waals surface area contributed by atoms with Gasteiger partial charge in [0, 0.05) is 5.69 Å². The van der Waals surface area contributed by atoms with Crippen LogP contribution in [0.2, 0.25) is 5.02 Å². The highest BCUT2D eigenvalue weighted by Gasteiger charge is 2.25. The maximum Gasteiger partial charge on any atom is 0.337 e. The van der Waals surface area contributed by atoms with E-state index in [4.69, 9.17) is 16.7 Å². The molecule has 0 spiro atoms. The molecule has 138 valence electrons. The number of nitrogens with zero attached hydrogens (tertiary/aromatic N) is 1. The first-order valence-corrected chi connectivity index (χ1v) is 9.38. The predicted molar refractivity (Wildman–Crippen MR) is 106 cm³/mol. The normalized spacial score (nSPS) is 13.9. The van der Waals surface area contributed by atoms with Crippen molar-refractivity contribution in [2.75, 3.05) is 17.6 Å².